The average Bonchev–Trinajstić information content (AvgIpc) is 3.52. The molecule has 18 heteroatoms. The molecule has 2 aromatic carbocycles. The van der Waals surface area contributed by atoms with Gasteiger partial charge in [-0.05, 0) is 66.9 Å². The third kappa shape index (κ3) is 7.84. The summed E-state index contributed by atoms with van der Waals surface area (Å²) in [5, 5.41) is 24.4. The normalized spacial score (nSPS) is 16.3. The fourth-order valence-corrected chi connectivity index (χ4v) is 5.60. The van der Waals surface area contributed by atoms with Crippen LogP contribution in [0.3, 0.4) is 0 Å². The van der Waals surface area contributed by atoms with E-state index in [4.69, 9.17) is 9.47 Å². The fourth-order valence-electron chi connectivity index (χ4n) is 5.60. The summed E-state index contributed by atoms with van der Waals surface area (Å²) in [6.07, 6.45) is -8.89. The maximum Gasteiger partial charge on any atom is 0.416 e. The van der Waals surface area contributed by atoms with Crippen molar-refractivity contribution in [2.75, 3.05) is 30.5 Å². The largest absolute Gasteiger partial charge is 0.497 e. The van der Waals surface area contributed by atoms with E-state index in [-0.39, 0.29) is 60.5 Å². The summed E-state index contributed by atoms with van der Waals surface area (Å²) in [5.41, 5.74) is -1.94. The van der Waals surface area contributed by atoms with Gasteiger partial charge in [0.05, 0.1) is 61.0 Å². The molecule has 12 nitrogen and oxygen atoms in total. The number of amides is 1. The summed E-state index contributed by atoms with van der Waals surface area (Å²) < 4.78 is 92.8. The van der Waals surface area contributed by atoms with Gasteiger partial charge in [-0.25, -0.2) is 14.8 Å². The molecule has 0 radical (unpaired) electrons. The first-order chi connectivity index (χ1) is 23.2. The number of halogens is 6. The van der Waals surface area contributed by atoms with Crippen molar-refractivity contribution >= 4 is 17.7 Å². The number of aliphatic hydroxyl groups excluding tert-OH is 1. The van der Waals surface area contributed by atoms with Gasteiger partial charge in [0, 0.05) is 24.2 Å². The fraction of sp³-hybridized carbons (Fsp3) is 0.419. The van der Waals surface area contributed by atoms with E-state index in [1.165, 1.54) is 13.3 Å². The molecule has 1 amide bonds. The van der Waals surface area contributed by atoms with Crippen molar-refractivity contribution in [3.63, 3.8) is 0 Å². The number of benzene rings is 2. The standard InChI is InChI=1S/C31H32F6N8O4/c1-4-20-14-25(22-15-21(48-3)6-7-26(22)45(20)29(47)49-5-2)40-28-38-16-23(27-41-43-44(42-27)8-9-46)24(39-28)12-17-10-18(30(32,33)34)13-19(11-17)31(35,36)37/h6-7,10-11,13,15-16,20,25,46H,4-5,8-9,12,14H2,1-3H3,(H,38,39,40)/t20-,25+/m1/s1. The number of carbonyl (C=O) groups is 1. The van der Waals surface area contributed by atoms with E-state index in [0.717, 1.165) is 4.80 Å². The van der Waals surface area contributed by atoms with Gasteiger partial charge in [0.1, 0.15) is 5.75 Å². The smallest absolute Gasteiger partial charge is 0.416 e. The third-order valence-corrected chi connectivity index (χ3v) is 7.86. The Bertz CT molecular complexity index is 1770. The molecule has 3 heterocycles. The number of fused-ring (bicyclic) bond motifs is 1. The van der Waals surface area contributed by atoms with Crippen LogP contribution >= 0.6 is 0 Å². The molecule has 2 N–H and O–H groups in total. The van der Waals surface area contributed by atoms with Crippen LogP contribution in [0.4, 0.5) is 42.8 Å². The van der Waals surface area contributed by atoms with Crippen molar-refractivity contribution in [2.24, 2.45) is 0 Å². The molecule has 0 spiro atoms. The monoisotopic (exact) mass is 694 g/mol. The Hall–Kier alpha value is -5.00. The molecule has 49 heavy (non-hydrogen) atoms. The van der Waals surface area contributed by atoms with Gasteiger partial charge in [0.2, 0.25) is 11.8 Å². The number of ether oxygens (including phenoxy) is 2. The van der Waals surface area contributed by atoms with Crippen LogP contribution in [-0.4, -0.2) is 67.7 Å². The summed E-state index contributed by atoms with van der Waals surface area (Å²) >= 11 is 0. The van der Waals surface area contributed by atoms with Gasteiger partial charge in [-0.15, -0.1) is 10.2 Å². The lowest BCUT2D eigenvalue weighted by Crippen LogP contribution is -2.46. The van der Waals surface area contributed by atoms with Gasteiger partial charge >= 0.3 is 18.4 Å². The van der Waals surface area contributed by atoms with Gasteiger partial charge < -0.3 is 19.9 Å². The Morgan fingerprint density at radius 2 is 1.78 bits per heavy atom. The number of aliphatic hydroxyl groups is 1. The maximum atomic E-state index is 13.7. The van der Waals surface area contributed by atoms with E-state index in [9.17, 15) is 36.2 Å². The minimum atomic E-state index is -5.05. The van der Waals surface area contributed by atoms with Crippen LogP contribution in [0.15, 0.2) is 42.6 Å². The number of hydrogen-bond acceptors (Lipinski definition) is 10. The highest BCUT2D eigenvalue weighted by Gasteiger charge is 2.38. The third-order valence-electron chi connectivity index (χ3n) is 7.86. The van der Waals surface area contributed by atoms with Crippen LogP contribution in [0.2, 0.25) is 0 Å². The zero-order valence-corrected chi connectivity index (χ0v) is 26.5. The second-order valence-electron chi connectivity index (χ2n) is 11.1. The molecule has 262 valence electrons. The van der Waals surface area contributed by atoms with Crippen LogP contribution in [0, 0.1) is 0 Å². The summed E-state index contributed by atoms with van der Waals surface area (Å²) in [6.45, 7) is 3.45. The quantitative estimate of drug-likeness (QED) is 0.188. The van der Waals surface area contributed by atoms with Gasteiger partial charge in [0.15, 0.2) is 0 Å². The molecular weight excluding hydrogens is 662 g/mol. The first kappa shape index (κ1) is 35.3. The summed E-state index contributed by atoms with van der Waals surface area (Å²) in [4.78, 5) is 24.6. The zero-order valence-electron chi connectivity index (χ0n) is 26.5. The molecule has 2 atom stereocenters. The summed E-state index contributed by atoms with van der Waals surface area (Å²) in [7, 11) is 1.49. The lowest BCUT2D eigenvalue weighted by molar-refractivity contribution is -0.143. The average molecular weight is 695 g/mol. The van der Waals surface area contributed by atoms with Crippen LogP contribution in [0.5, 0.6) is 5.75 Å². The molecule has 2 aromatic heterocycles. The lowest BCUT2D eigenvalue weighted by Gasteiger charge is -2.40. The van der Waals surface area contributed by atoms with E-state index in [1.807, 2.05) is 6.92 Å². The molecule has 1 aliphatic rings. The summed E-state index contributed by atoms with van der Waals surface area (Å²) in [5.74, 6) is 0.452. The molecule has 0 saturated carbocycles. The second-order valence-corrected chi connectivity index (χ2v) is 11.1. The zero-order chi connectivity index (χ0) is 35.5. The van der Waals surface area contributed by atoms with Gasteiger partial charge in [0.25, 0.3) is 0 Å². The molecule has 1 aliphatic heterocycles. The highest BCUT2D eigenvalue weighted by atomic mass is 19.4. The number of alkyl halides is 6. The van der Waals surface area contributed by atoms with Crippen LogP contribution in [0.1, 0.15) is 60.7 Å². The number of nitrogens with one attached hydrogen (secondary N) is 1. The molecule has 0 unspecified atom stereocenters. The first-order valence-electron chi connectivity index (χ1n) is 15.2. The van der Waals surface area contributed by atoms with E-state index >= 15 is 0 Å². The number of methoxy groups -OCH3 is 1. The molecular formula is C31H32F6N8O4. The van der Waals surface area contributed by atoms with E-state index in [0.29, 0.717) is 42.0 Å². The van der Waals surface area contributed by atoms with Crippen LogP contribution in [-0.2, 0) is 30.1 Å². The van der Waals surface area contributed by atoms with Crippen molar-refractivity contribution in [2.45, 2.75) is 64.1 Å². The highest BCUT2D eigenvalue weighted by Crippen LogP contribution is 2.42. The molecule has 0 bridgehead atoms. The number of carbonyl (C=O) groups excluding carboxylic acids is 1. The lowest BCUT2D eigenvalue weighted by atomic mass is 9.90. The molecule has 5 rings (SSSR count). The van der Waals surface area contributed by atoms with Crippen molar-refractivity contribution in [1.29, 1.82) is 0 Å². The van der Waals surface area contributed by atoms with Gasteiger partial charge in [-0.2, -0.15) is 31.1 Å². The van der Waals surface area contributed by atoms with E-state index in [2.05, 4.69) is 30.7 Å². The van der Waals surface area contributed by atoms with Gasteiger partial charge in [-0.3, -0.25) is 4.90 Å². The Morgan fingerprint density at radius 1 is 1.06 bits per heavy atom. The number of anilines is 2. The Labute approximate surface area is 276 Å². The number of hydrogen-bond donors (Lipinski definition) is 2. The number of aromatic nitrogens is 6. The van der Waals surface area contributed by atoms with Crippen molar-refractivity contribution in [1.82, 2.24) is 30.2 Å². The van der Waals surface area contributed by atoms with Crippen LogP contribution in [0.25, 0.3) is 11.4 Å². The molecule has 0 fully saturated rings. The van der Waals surface area contributed by atoms with Crippen molar-refractivity contribution < 1.29 is 45.7 Å². The second kappa shape index (κ2) is 14.2. The Balaban J connectivity index is 1.59. The Kier molecular flexibility index (Phi) is 10.3. The van der Waals surface area contributed by atoms with Crippen molar-refractivity contribution in [3.8, 4) is 17.1 Å². The topological polar surface area (TPSA) is 140 Å². The molecule has 0 aliphatic carbocycles. The van der Waals surface area contributed by atoms with Crippen molar-refractivity contribution in [3.05, 3.63) is 70.5 Å². The Morgan fingerprint density at radius 3 is 2.39 bits per heavy atom. The number of nitrogens with zero attached hydrogens (tertiary/aromatic N) is 7. The van der Waals surface area contributed by atoms with E-state index in [1.54, 1.807) is 30.0 Å². The molecule has 4 aromatic rings. The van der Waals surface area contributed by atoms with E-state index < -0.39 is 42.0 Å². The van der Waals surface area contributed by atoms with Gasteiger partial charge in [-0.1, -0.05) is 6.92 Å². The minimum absolute atomic E-state index is 0.00253. The SMILES string of the molecule is CCOC(=O)N1c2ccc(OC)cc2[C@@H](Nc2ncc(-c3nnn(CCO)n3)c(Cc3cc(C(F)(F)F)cc(C(F)(F)F)c3)n2)C[C@H]1CC. The number of tetrazole rings is 1. The minimum Gasteiger partial charge on any atom is -0.497 e. The predicted octanol–water partition coefficient (Wildman–Crippen LogP) is 6.06. The first-order valence-corrected chi connectivity index (χ1v) is 15.2. The number of rotatable bonds is 10. The predicted molar refractivity (Wildman–Crippen MR) is 163 cm³/mol. The highest BCUT2D eigenvalue weighted by molar-refractivity contribution is 5.90. The van der Waals surface area contributed by atoms with Crippen LogP contribution < -0.4 is 15.0 Å². The summed E-state index contributed by atoms with van der Waals surface area (Å²) in [6, 6.07) is 5.66. The maximum absolute atomic E-state index is 13.7. The molecule has 0 saturated heterocycles.